The van der Waals surface area contributed by atoms with Gasteiger partial charge in [0.15, 0.2) is 5.82 Å². The van der Waals surface area contributed by atoms with Crippen molar-refractivity contribution in [3.8, 4) is 0 Å². The van der Waals surface area contributed by atoms with Gasteiger partial charge >= 0.3 is 18.2 Å². The number of nitrogens with one attached hydrogen (secondary N) is 4. The summed E-state index contributed by atoms with van der Waals surface area (Å²) in [5, 5.41) is 20.4. The largest absolute Gasteiger partial charge is 0.490 e. The first-order chi connectivity index (χ1) is 19.9. The summed E-state index contributed by atoms with van der Waals surface area (Å²) < 4.78 is 31.7. The average molecular weight is 619 g/mol. The van der Waals surface area contributed by atoms with Crippen molar-refractivity contribution in [1.82, 2.24) is 9.97 Å². The van der Waals surface area contributed by atoms with Crippen LogP contribution in [-0.4, -0.2) is 33.3 Å². The second-order valence-corrected chi connectivity index (χ2v) is 9.90. The van der Waals surface area contributed by atoms with Gasteiger partial charge in [0.05, 0.1) is 6.20 Å². The molecule has 0 atom stereocenters. The van der Waals surface area contributed by atoms with E-state index in [2.05, 4.69) is 43.4 Å². The molecule has 0 unspecified atom stereocenters. The summed E-state index contributed by atoms with van der Waals surface area (Å²) in [6.45, 7) is 1.91. The number of urea groups is 1. The zero-order valence-corrected chi connectivity index (χ0v) is 23.3. The number of aryl methyl sites for hydroxylation is 3. The number of carbonyl (C=O) groups is 2. The summed E-state index contributed by atoms with van der Waals surface area (Å²) >= 11 is 12.4. The van der Waals surface area contributed by atoms with E-state index in [9.17, 15) is 18.0 Å². The second kappa shape index (κ2) is 13.0. The molecule has 3 aromatic carbocycles. The van der Waals surface area contributed by atoms with Crippen LogP contribution in [0.15, 0.2) is 66.9 Å². The Morgan fingerprint density at radius 2 is 1.64 bits per heavy atom. The standard InChI is InChI=1S/C26H22Cl2N6O.C2HF3O2/c1-15-5-8-18(27)13-23(15)33-26(35)32-22-10-9-20-12-17(22)7-6-16-3-2-4-19(11-16)31-25-29-14-21(28)24(30-20)34-25;3-2(4,5)1(6)7/h2-5,8-14H,6-7H2,1H3,(H2,32,33,35)(H2,29,30,31,34);(H,6,7). The van der Waals surface area contributed by atoms with E-state index in [4.69, 9.17) is 33.1 Å². The van der Waals surface area contributed by atoms with Crippen LogP contribution in [0.1, 0.15) is 16.7 Å². The third-order valence-corrected chi connectivity index (χ3v) is 6.43. The van der Waals surface area contributed by atoms with Crippen molar-refractivity contribution < 1.29 is 27.9 Å². The zero-order valence-electron chi connectivity index (χ0n) is 21.8. The molecule has 0 saturated carbocycles. The maximum atomic E-state index is 12.8. The molecule has 2 amide bonds. The number of carbonyl (C=O) groups excluding carboxylic acids is 1. The smallest absolute Gasteiger partial charge is 0.475 e. The number of aromatic nitrogens is 2. The number of halogens is 5. The van der Waals surface area contributed by atoms with Crippen LogP contribution in [0.25, 0.3) is 0 Å². The Kier molecular flexibility index (Phi) is 9.38. The first kappa shape index (κ1) is 30.4. The molecular weight excluding hydrogens is 596 g/mol. The van der Waals surface area contributed by atoms with E-state index < -0.39 is 12.1 Å². The minimum absolute atomic E-state index is 0.343. The molecule has 2 heterocycles. The highest BCUT2D eigenvalue weighted by atomic mass is 35.5. The number of benzene rings is 3. The number of carboxylic acids is 1. The van der Waals surface area contributed by atoms with Crippen LogP contribution in [0.4, 0.5) is 52.5 Å². The fourth-order valence-corrected chi connectivity index (χ4v) is 4.18. The van der Waals surface area contributed by atoms with Gasteiger partial charge in [-0.25, -0.2) is 14.6 Å². The van der Waals surface area contributed by atoms with Gasteiger partial charge in [0.25, 0.3) is 0 Å². The molecule has 14 heteroatoms. The average Bonchev–Trinajstić information content (AvgIpc) is 2.92. The summed E-state index contributed by atoms with van der Waals surface area (Å²) in [5.41, 5.74) is 6.09. The van der Waals surface area contributed by atoms with E-state index in [0.717, 1.165) is 34.5 Å². The molecule has 1 aliphatic heterocycles. The normalized spacial score (nSPS) is 12.0. The Morgan fingerprint density at radius 1 is 0.929 bits per heavy atom. The molecule has 218 valence electrons. The Morgan fingerprint density at radius 3 is 2.38 bits per heavy atom. The van der Waals surface area contributed by atoms with Gasteiger partial charge in [-0.3, -0.25) is 0 Å². The molecule has 5 N–H and O–H groups in total. The maximum Gasteiger partial charge on any atom is 0.490 e. The van der Waals surface area contributed by atoms with Gasteiger partial charge in [0.1, 0.15) is 5.02 Å². The summed E-state index contributed by atoms with van der Waals surface area (Å²) in [6, 6.07) is 18.9. The van der Waals surface area contributed by atoms with Crippen LogP contribution in [0.2, 0.25) is 10.0 Å². The van der Waals surface area contributed by atoms with Crippen molar-refractivity contribution in [1.29, 1.82) is 0 Å². The molecular formula is C28H23Cl2F3N6O3. The van der Waals surface area contributed by atoms with E-state index in [-0.39, 0.29) is 6.03 Å². The Balaban J connectivity index is 0.000000517. The predicted molar refractivity (Wildman–Crippen MR) is 156 cm³/mol. The molecule has 1 aliphatic rings. The van der Waals surface area contributed by atoms with Crippen molar-refractivity contribution in [2.24, 2.45) is 0 Å². The van der Waals surface area contributed by atoms with E-state index in [1.165, 1.54) is 0 Å². The lowest BCUT2D eigenvalue weighted by Crippen LogP contribution is -2.21. The molecule has 0 spiro atoms. The number of rotatable bonds is 2. The Labute approximate surface area is 248 Å². The van der Waals surface area contributed by atoms with Gasteiger partial charge < -0.3 is 26.4 Å². The maximum absolute atomic E-state index is 12.8. The lowest BCUT2D eigenvalue weighted by Gasteiger charge is -2.16. The molecule has 1 aromatic heterocycles. The van der Waals surface area contributed by atoms with Crippen molar-refractivity contribution in [3.63, 3.8) is 0 Å². The number of aliphatic carboxylic acids is 1. The molecule has 9 nitrogen and oxygen atoms in total. The quantitative estimate of drug-likeness (QED) is 0.154. The number of carboxylic acid groups (broad SMARTS) is 1. The van der Waals surface area contributed by atoms with Gasteiger partial charge in [-0.15, -0.1) is 0 Å². The van der Waals surface area contributed by atoms with Gasteiger partial charge in [-0.1, -0.05) is 41.4 Å². The van der Waals surface area contributed by atoms with Gasteiger partial charge in [-0.05, 0) is 78.9 Å². The lowest BCUT2D eigenvalue weighted by molar-refractivity contribution is -0.192. The minimum Gasteiger partial charge on any atom is -0.475 e. The first-order valence-electron chi connectivity index (χ1n) is 12.3. The molecule has 4 aromatic rings. The van der Waals surface area contributed by atoms with Crippen LogP contribution in [0.3, 0.4) is 0 Å². The molecule has 5 rings (SSSR count). The summed E-state index contributed by atoms with van der Waals surface area (Å²) in [7, 11) is 0. The van der Waals surface area contributed by atoms with Crippen LogP contribution in [-0.2, 0) is 17.6 Å². The minimum atomic E-state index is -5.08. The first-order valence-corrected chi connectivity index (χ1v) is 13.1. The molecule has 0 saturated heterocycles. The van der Waals surface area contributed by atoms with Gasteiger partial charge in [-0.2, -0.15) is 18.2 Å². The van der Waals surface area contributed by atoms with E-state index in [1.807, 2.05) is 43.3 Å². The Hall–Kier alpha value is -4.55. The third-order valence-electron chi connectivity index (χ3n) is 5.92. The lowest BCUT2D eigenvalue weighted by atomic mass is 10.0. The molecule has 6 bridgehead atoms. The molecule has 0 radical (unpaired) electrons. The third kappa shape index (κ3) is 8.24. The number of hydrogen-bond acceptors (Lipinski definition) is 6. The van der Waals surface area contributed by atoms with Crippen molar-refractivity contribution in [2.75, 3.05) is 21.3 Å². The Bertz CT molecular complexity index is 1640. The molecule has 0 fully saturated rings. The van der Waals surface area contributed by atoms with Crippen molar-refractivity contribution in [2.45, 2.75) is 25.9 Å². The number of nitrogens with zero attached hydrogens (tertiary/aromatic N) is 2. The zero-order chi connectivity index (χ0) is 30.4. The number of anilines is 6. The highest BCUT2D eigenvalue weighted by molar-refractivity contribution is 6.33. The number of hydrogen-bond donors (Lipinski definition) is 5. The number of alkyl halides is 3. The second-order valence-electron chi connectivity index (χ2n) is 9.05. The monoisotopic (exact) mass is 618 g/mol. The van der Waals surface area contributed by atoms with Crippen molar-refractivity contribution in [3.05, 3.63) is 93.6 Å². The summed E-state index contributed by atoms with van der Waals surface area (Å²) in [6.07, 6.45) is -2.04. The van der Waals surface area contributed by atoms with Crippen LogP contribution in [0.5, 0.6) is 0 Å². The van der Waals surface area contributed by atoms with Crippen LogP contribution < -0.4 is 21.3 Å². The summed E-state index contributed by atoms with van der Waals surface area (Å²) in [5.74, 6) is -1.83. The topological polar surface area (TPSA) is 128 Å². The molecule has 0 aliphatic carbocycles. The van der Waals surface area contributed by atoms with E-state index in [1.54, 1.807) is 18.3 Å². The highest BCUT2D eigenvalue weighted by Crippen LogP contribution is 2.30. The van der Waals surface area contributed by atoms with Crippen LogP contribution >= 0.6 is 23.2 Å². The van der Waals surface area contributed by atoms with Gasteiger partial charge in [0, 0.05) is 27.8 Å². The highest BCUT2D eigenvalue weighted by Gasteiger charge is 2.38. The fraction of sp³-hybridized carbons (Fsp3) is 0.143. The number of fused-ring (bicyclic) bond motifs is 6. The fourth-order valence-electron chi connectivity index (χ4n) is 3.87. The van der Waals surface area contributed by atoms with Crippen molar-refractivity contribution >= 4 is 69.7 Å². The summed E-state index contributed by atoms with van der Waals surface area (Å²) in [4.78, 5) is 30.5. The van der Waals surface area contributed by atoms with E-state index >= 15 is 0 Å². The predicted octanol–water partition coefficient (Wildman–Crippen LogP) is 7.95. The molecule has 42 heavy (non-hydrogen) atoms. The number of amides is 2. The SMILES string of the molecule is Cc1ccc(Cl)cc1NC(=O)Nc1ccc2cc1CCc1cccc(c1)Nc1ncc(Cl)c(n1)N2.O=C(O)C(F)(F)F. The van der Waals surface area contributed by atoms with E-state index in [0.29, 0.717) is 39.6 Å². The van der Waals surface area contributed by atoms with Gasteiger partial charge in [0.2, 0.25) is 5.95 Å². The van der Waals surface area contributed by atoms with Crippen LogP contribution in [0, 0.1) is 6.92 Å².